The lowest BCUT2D eigenvalue weighted by Crippen LogP contribution is -2.31. The number of benzene rings is 1. The number of aliphatic hydroxyl groups excluding tert-OH is 1. The predicted octanol–water partition coefficient (Wildman–Crippen LogP) is 2.49. The molecule has 0 amide bonds. The Bertz CT molecular complexity index is 551. The van der Waals surface area contributed by atoms with Gasteiger partial charge in [-0.1, -0.05) is 24.3 Å². The second-order valence-corrected chi connectivity index (χ2v) is 5.33. The van der Waals surface area contributed by atoms with Crippen LogP contribution in [-0.4, -0.2) is 22.7 Å². The number of nitrogens with one attached hydrogen (secondary N) is 1. The van der Waals surface area contributed by atoms with Gasteiger partial charge in [0, 0.05) is 24.6 Å². The smallest absolute Gasteiger partial charge is 0.0705 e. The van der Waals surface area contributed by atoms with Crippen molar-refractivity contribution in [1.82, 2.24) is 10.3 Å². The average molecular weight is 256 g/mol. The second-order valence-electron chi connectivity index (χ2n) is 5.33. The highest BCUT2D eigenvalue weighted by Gasteiger charge is 2.30. The van der Waals surface area contributed by atoms with Crippen LogP contribution in [0.2, 0.25) is 0 Å². The van der Waals surface area contributed by atoms with Crippen molar-refractivity contribution in [2.24, 2.45) is 5.92 Å². The number of nitrogens with zero attached hydrogens (tertiary/aromatic N) is 1. The lowest BCUT2D eigenvalue weighted by Gasteiger charge is -2.16. The number of aliphatic hydroxyl groups is 1. The molecule has 0 radical (unpaired) electrons. The van der Waals surface area contributed by atoms with Gasteiger partial charge in [-0.05, 0) is 37.3 Å². The van der Waals surface area contributed by atoms with Crippen LogP contribution >= 0.6 is 0 Å². The van der Waals surface area contributed by atoms with Crippen molar-refractivity contribution in [2.75, 3.05) is 6.61 Å². The fourth-order valence-corrected chi connectivity index (χ4v) is 2.58. The van der Waals surface area contributed by atoms with E-state index in [2.05, 4.69) is 28.5 Å². The van der Waals surface area contributed by atoms with E-state index >= 15 is 0 Å². The van der Waals surface area contributed by atoms with Crippen molar-refractivity contribution in [1.29, 1.82) is 0 Å². The molecule has 3 heteroatoms. The highest BCUT2D eigenvalue weighted by molar-refractivity contribution is 5.78. The molecule has 1 saturated carbocycles. The summed E-state index contributed by atoms with van der Waals surface area (Å²) < 4.78 is 0. The Kier molecular flexibility index (Phi) is 3.76. The molecule has 100 valence electrons. The molecular weight excluding hydrogens is 236 g/mol. The first-order chi connectivity index (χ1) is 9.36. The normalized spacial score (nSPS) is 16.7. The van der Waals surface area contributed by atoms with Gasteiger partial charge in [-0.2, -0.15) is 0 Å². The van der Waals surface area contributed by atoms with Crippen LogP contribution in [0.3, 0.4) is 0 Å². The van der Waals surface area contributed by atoms with E-state index in [-0.39, 0.29) is 6.61 Å². The molecule has 1 aromatic heterocycles. The number of para-hydroxylation sites is 1. The molecule has 1 heterocycles. The summed E-state index contributed by atoms with van der Waals surface area (Å²) in [5.41, 5.74) is 2.12. The molecule has 1 fully saturated rings. The number of pyridine rings is 1. The molecule has 0 bridgehead atoms. The molecule has 19 heavy (non-hydrogen) atoms. The molecule has 1 aliphatic rings. The Morgan fingerprint density at radius 3 is 2.84 bits per heavy atom. The van der Waals surface area contributed by atoms with E-state index in [0.29, 0.717) is 6.04 Å². The Hall–Kier alpha value is -1.45. The first-order valence-corrected chi connectivity index (χ1v) is 7.06. The maximum atomic E-state index is 9.10. The first kappa shape index (κ1) is 12.6. The monoisotopic (exact) mass is 256 g/mol. The molecule has 1 unspecified atom stereocenters. The third kappa shape index (κ3) is 3.11. The predicted molar refractivity (Wildman–Crippen MR) is 76.8 cm³/mol. The fraction of sp³-hybridized carbons (Fsp3) is 0.438. The molecule has 3 rings (SSSR count). The fourth-order valence-electron chi connectivity index (χ4n) is 2.58. The lowest BCUT2D eigenvalue weighted by molar-refractivity contribution is 0.255. The molecule has 0 aliphatic heterocycles. The topological polar surface area (TPSA) is 45.1 Å². The van der Waals surface area contributed by atoms with E-state index in [0.717, 1.165) is 30.1 Å². The van der Waals surface area contributed by atoms with Crippen molar-refractivity contribution in [2.45, 2.75) is 31.8 Å². The Morgan fingerprint density at radius 2 is 2.05 bits per heavy atom. The van der Waals surface area contributed by atoms with Crippen LogP contribution in [0, 0.1) is 5.92 Å². The summed E-state index contributed by atoms with van der Waals surface area (Å²) >= 11 is 0. The van der Waals surface area contributed by atoms with Gasteiger partial charge in [-0.3, -0.25) is 4.98 Å². The Labute approximate surface area is 113 Å². The molecule has 1 aliphatic carbocycles. The molecule has 3 nitrogen and oxygen atoms in total. The van der Waals surface area contributed by atoms with Crippen LogP contribution in [0.1, 0.15) is 25.0 Å². The first-order valence-electron chi connectivity index (χ1n) is 7.06. The summed E-state index contributed by atoms with van der Waals surface area (Å²) in [6, 6.07) is 12.8. The number of aromatic nitrogens is 1. The summed E-state index contributed by atoms with van der Waals surface area (Å²) in [5, 5.41) is 13.8. The van der Waals surface area contributed by atoms with Gasteiger partial charge in [0.05, 0.1) is 11.2 Å². The van der Waals surface area contributed by atoms with E-state index in [1.165, 1.54) is 18.2 Å². The van der Waals surface area contributed by atoms with Gasteiger partial charge >= 0.3 is 0 Å². The van der Waals surface area contributed by atoms with Crippen molar-refractivity contribution in [3.63, 3.8) is 0 Å². The summed E-state index contributed by atoms with van der Waals surface area (Å²) in [7, 11) is 0. The van der Waals surface area contributed by atoms with Crippen molar-refractivity contribution >= 4 is 10.9 Å². The van der Waals surface area contributed by atoms with Crippen molar-refractivity contribution in [3.8, 4) is 0 Å². The van der Waals surface area contributed by atoms with E-state index in [4.69, 9.17) is 5.11 Å². The van der Waals surface area contributed by atoms with Crippen LogP contribution in [0.15, 0.2) is 36.4 Å². The largest absolute Gasteiger partial charge is 0.396 e. The summed E-state index contributed by atoms with van der Waals surface area (Å²) in [6.45, 7) is 1.05. The van der Waals surface area contributed by atoms with E-state index in [9.17, 15) is 0 Å². The van der Waals surface area contributed by atoms with Gasteiger partial charge in [0.1, 0.15) is 0 Å². The van der Waals surface area contributed by atoms with E-state index in [1.54, 1.807) is 0 Å². The lowest BCUT2D eigenvalue weighted by atomic mass is 10.1. The third-order valence-electron chi connectivity index (χ3n) is 3.83. The zero-order chi connectivity index (χ0) is 13.1. The third-order valence-corrected chi connectivity index (χ3v) is 3.83. The zero-order valence-corrected chi connectivity index (χ0v) is 11.0. The minimum atomic E-state index is 0.263. The average Bonchev–Trinajstić information content (AvgIpc) is 3.28. The van der Waals surface area contributed by atoms with Gasteiger partial charge in [-0.15, -0.1) is 0 Å². The maximum absolute atomic E-state index is 9.10. The molecule has 1 aromatic carbocycles. The number of fused-ring (bicyclic) bond motifs is 1. The van der Waals surface area contributed by atoms with E-state index < -0.39 is 0 Å². The molecule has 2 N–H and O–H groups in total. The Balaban J connectivity index is 1.67. The maximum Gasteiger partial charge on any atom is 0.0705 e. The molecule has 2 aromatic rings. The minimum Gasteiger partial charge on any atom is -0.396 e. The molecule has 0 spiro atoms. The molecule has 0 saturated heterocycles. The number of hydrogen-bond donors (Lipinski definition) is 2. The highest BCUT2D eigenvalue weighted by Crippen LogP contribution is 2.34. The number of rotatable bonds is 6. The zero-order valence-electron chi connectivity index (χ0n) is 11.0. The summed E-state index contributed by atoms with van der Waals surface area (Å²) in [5.74, 6) is 0.757. The van der Waals surface area contributed by atoms with Gasteiger partial charge in [0.15, 0.2) is 0 Å². The van der Waals surface area contributed by atoms with Crippen LogP contribution in [-0.2, 0) is 6.54 Å². The molecular formula is C16H20N2O. The molecule has 1 atom stereocenters. The van der Waals surface area contributed by atoms with Gasteiger partial charge in [-0.25, -0.2) is 0 Å². The SMILES string of the molecule is OCCC(NCc1ccc2ccccc2n1)C1CC1. The van der Waals surface area contributed by atoms with Gasteiger partial charge in [0.2, 0.25) is 0 Å². The van der Waals surface area contributed by atoms with Gasteiger partial charge in [0.25, 0.3) is 0 Å². The summed E-state index contributed by atoms with van der Waals surface area (Å²) in [6.07, 6.45) is 3.43. The van der Waals surface area contributed by atoms with Crippen LogP contribution in [0.4, 0.5) is 0 Å². The van der Waals surface area contributed by atoms with Crippen LogP contribution < -0.4 is 5.32 Å². The minimum absolute atomic E-state index is 0.263. The van der Waals surface area contributed by atoms with Crippen LogP contribution in [0.5, 0.6) is 0 Å². The highest BCUT2D eigenvalue weighted by atomic mass is 16.3. The van der Waals surface area contributed by atoms with Crippen LogP contribution in [0.25, 0.3) is 10.9 Å². The second kappa shape index (κ2) is 5.68. The standard InChI is InChI=1S/C16H20N2O/c19-10-9-15(13-5-6-13)17-11-14-8-7-12-3-1-2-4-16(12)18-14/h1-4,7-8,13,15,17,19H,5-6,9-11H2. The van der Waals surface area contributed by atoms with Crippen molar-refractivity contribution < 1.29 is 5.11 Å². The summed E-state index contributed by atoms with van der Waals surface area (Å²) in [4.78, 5) is 4.66. The number of hydrogen-bond acceptors (Lipinski definition) is 3. The Morgan fingerprint density at radius 1 is 1.21 bits per heavy atom. The quantitative estimate of drug-likeness (QED) is 0.834. The van der Waals surface area contributed by atoms with Gasteiger partial charge < -0.3 is 10.4 Å². The van der Waals surface area contributed by atoms with E-state index in [1.807, 2.05) is 18.2 Å². The van der Waals surface area contributed by atoms with Crippen molar-refractivity contribution in [3.05, 3.63) is 42.1 Å².